The summed E-state index contributed by atoms with van der Waals surface area (Å²) in [6.07, 6.45) is 2.24. The Morgan fingerprint density at radius 1 is 1.22 bits per heavy atom. The fourth-order valence-corrected chi connectivity index (χ4v) is 1.77. The van der Waals surface area contributed by atoms with Gasteiger partial charge in [-0.1, -0.05) is 43.2 Å². The van der Waals surface area contributed by atoms with Crippen LogP contribution < -0.4 is 5.73 Å². The van der Waals surface area contributed by atoms with Crippen LogP contribution in [0.5, 0.6) is 0 Å². The minimum absolute atomic E-state index is 0.0281. The Bertz CT molecular complexity index is 328. The van der Waals surface area contributed by atoms with Crippen LogP contribution in [0.1, 0.15) is 37.0 Å². The van der Waals surface area contributed by atoms with Gasteiger partial charge in [-0.05, 0) is 18.9 Å². The highest BCUT2D eigenvalue weighted by Crippen LogP contribution is 2.17. The number of aryl methyl sites for hydroxylation is 1. The van der Waals surface area contributed by atoms with E-state index in [4.69, 9.17) is 15.2 Å². The van der Waals surface area contributed by atoms with Crippen molar-refractivity contribution in [1.82, 2.24) is 0 Å². The third-order valence-corrected chi connectivity index (χ3v) is 2.82. The molecule has 0 aromatic heterocycles. The second kappa shape index (κ2) is 9.09. The molecule has 1 aromatic rings. The maximum Gasteiger partial charge on any atom is 0.0948 e. The van der Waals surface area contributed by atoms with Gasteiger partial charge in [-0.15, -0.1) is 0 Å². The van der Waals surface area contributed by atoms with Crippen LogP contribution in [0.3, 0.4) is 0 Å². The fourth-order valence-electron chi connectivity index (χ4n) is 1.77. The lowest BCUT2D eigenvalue weighted by atomic mass is 10.1. The molecule has 0 spiro atoms. The van der Waals surface area contributed by atoms with Gasteiger partial charge in [0.1, 0.15) is 0 Å². The molecule has 18 heavy (non-hydrogen) atoms. The van der Waals surface area contributed by atoms with Crippen LogP contribution in [0.4, 0.5) is 0 Å². The Morgan fingerprint density at radius 2 is 2.06 bits per heavy atom. The summed E-state index contributed by atoms with van der Waals surface area (Å²) < 4.78 is 11.2. The second-order valence-corrected chi connectivity index (χ2v) is 4.48. The van der Waals surface area contributed by atoms with E-state index in [2.05, 4.69) is 32.0 Å². The SMILES string of the molecule is CCCCOCCOC(CN)c1cccc(C)c1. The predicted molar refractivity (Wildman–Crippen MR) is 74.7 cm³/mol. The standard InChI is InChI=1S/C15H25NO2/c1-3-4-8-17-9-10-18-15(12-16)14-7-5-6-13(2)11-14/h5-7,11,15H,3-4,8-10,12,16H2,1-2H3. The van der Waals surface area contributed by atoms with Gasteiger partial charge in [-0.3, -0.25) is 0 Å². The molecule has 2 N–H and O–H groups in total. The lowest BCUT2D eigenvalue weighted by molar-refractivity contribution is 0.00694. The molecule has 1 atom stereocenters. The molecular weight excluding hydrogens is 226 g/mol. The zero-order chi connectivity index (χ0) is 13.2. The number of ether oxygens (including phenoxy) is 2. The summed E-state index contributed by atoms with van der Waals surface area (Å²) in [4.78, 5) is 0. The summed E-state index contributed by atoms with van der Waals surface area (Å²) in [5.74, 6) is 0. The molecule has 102 valence electrons. The van der Waals surface area contributed by atoms with Crippen LogP contribution in [0, 0.1) is 6.92 Å². The van der Waals surface area contributed by atoms with Crippen molar-refractivity contribution in [3.8, 4) is 0 Å². The first kappa shape index (κ1) is 15.2. The van der Waals surface area contributed by atoms with Gasteiger partial charge in [0.2, 0.25) is 0 Å². The van der Waals surface area contributed by atoms with E-state index in [1.807, 2.05) is 6.07 Å². The minimum atomic E-state index is -0.0281. The molecule has 0 aliphatic carbocycles. The van der Waals surface area contributed by atoms with E-state index in [9.17, 15) is 0 Å². The number of rotatable bonds is 9. The quantitative estimate of drug-likeness (QED) is 0.686. The highest BCUT2D eigenvalue weighted by Gasteiger charge is 2.09. The van der Waals surface area contributed by atoms with Crippen LogP contribution in [0.2, 0.25) is 0 Å². The van der Waals surface area contributed by atoms with E-state index < -0.39 is 0 Å². The van der Waals surface area contributed by atoms with Crippen molar-refractivity contribution in [3.63, 3.8) is 0 Å². The molecule has 1 aromatic carbocycles. The molecule has 0 bridgehead atoms. The van der Waals surface area contributed by atoms with Gasteiger partial charge in [-0.2, -0.15) is 0 Å². The highest BCUT2D eigenvalue weighted by molar-refractivity contribution is 5.24. The van der Waals surface area contributed by atoms with Crippen molar-refractivity contribution in [1.29, 1.82) is 0 Å². The average Bonchev–Trinajstić information content (AvgIpc) is 2.38. The maximum absolute atomic E-state index is 5.76. The third-order valence-electron chi connectivity index (χ3n) is 2.82. The third kappa shape index (κ3) is 5.63. The zero-order valence-corrected chi connectivity index (χ0v) is 11.5. The van der Waals surface area contributed by atoms with Crippen molar-refractivity contribution >= 4 is 0 Å². The number of nitrogens with two attached hydrogens (primary N) is 1. The second-order valence-electron chi connectivity index (χ2n) is 4.48. The van der Waals surface area contributed by atoms with Gasteiger partial charge in [0.05, 0.1) is 19.3 Å². The van der Waals surface area contributed by atoms with Crippen LogP contribution >= 0.6 is 0 Å². The van der Waals surface area contributed by atoms with Crippen molar-refractivity contribution in [2.45, 2.75) is 32.8 Å². The van der Waals surface area contributed by atoms with Crippen LogP contribution in [0.15, 0.2) is 24.3 Å². The number of hydrogen-bond donors (Lipinski definition) is 1. The molecule has 3 heteroatoms. The van der Waals surface area contributed by atoms with E-state index in [1.165, 1.54) is 5.56 Å². The van der Waals surface area contributed by atoms with Gasteiger partial charge < -0.3 is 15.2 Å². The minimum Gasteiger partial charge on any atom is -0.379 e. The molecule has 0 amide bonds. The lowest BCUT2D eigenvalue weighted by Crippen LogP contribution is -2.18. The number of benzene rings is 1. The van der Waals surface area contributed by atoms with Crippen molar-refractivity contribution < 1.29 is 9.47 Å². The van der Waals surface area contributed by atoms with Gasteiger partial charge >= 0.3 is 0 Å². The lowest BCUT2D eigenvalue weighted by Gasteiger charge is -2.17. The van der Waals surface area contributed by atoms with Crippen molar-refractivity contribution in [2.75, 3.05) is 26.4 Å². The predicted octanol–water partition coefficient (Wildman–Crippen LogP) is 2.83. The first-order valence-electron chi connectivity index (χ1n) is 6.74. The van der Waals surface area contributed by atoms with E-state index in [-0.39, 0.29) is 6.10 Å². The molecule has 0 saturated carbocycles. The highest BCUT2D eigenvalue weighted by atomic mass is 16.5. The number of unbranched alkanes of at least 4 members (excludes halogenated alkanes) is 1. The van der Waals surface area contributed by atoms with Crippen LogP contribution in [-0.2, 0) is 9.47 Å². The van der Waals surface area contributed by atoms with E-state index >= 15 is 0 Å². The Balaban J connectivity index is 2.29. The molecule has 0 heterocycles. The summed E-state index contributed by atoms with van der Waals surface area (Å²) in [5, 5.41) is 0. The van der Waals surface area contributed by atoms with Crippen LogP contribution in [-0.4, -0.2) is 26.4 Å². The van der Waals surface area contributed by atoms with Crippen molar-refractivity contribution in [2.24, 2.45) is 5.73 Å². The Hall–Kier alpha value is -0.900. The molecule has 0 fully saturated rings. The average molecular weight is 251 g/mol. The molecule has 0 aliphatic heterocycles. The molecule has 0 aliphatic rings. The summed E-state index contributed by atoms with van der Waals surface area (Å²) >= 11 is 0. The monoisotopic (exact) mass is 251 g/mol. The first-order valence-corrected chi connectivity index (χ1v) is 6.74. The molecule has 0 saturated heterocycles. The largest absolute Gasteiger partial charge is 0.379 e. The molecule has 0 radical (unpaired) electrons. The summed E-state index contributed by atoms with van der Waals surface area (Å²) in [7, 11) is 0. The van der Waals surface area contributed by atoms with Gasteiger partial charge in [0.15, 0.2) is 0 Å². The van der Waals surface area contributed by atoms with Gasteiger partial charge in [-0.25, -0.2) is 0 Å². The van der Waals surface area contributed by atoms with Crippen LogP contribution in [0.25, 0.3) is 0 Å². The zero-order valence-electron chi connectivity index (χ0n) is 11.5. The van der Waals surface area contributed by atoms with Gasteiger partial charge in [0.25, 0.3) is 0 Å². The maximum atomic E-state index is 5.76. The topological polar surface area (TPSA) is 44.5 Å². The smallest absolute Gasteiger partial charge is 0.0948 e. The molecule has 1 unspecified atom stereocenters. The fraction of sp³-hybridized carbons (Fsp3) is 0.600. The van der Waals surface area contributed by atoms with Gasteiger partial charge in [0, 0.05) is 13.2 Å². The molecule has 3 nitrogen and oxygen atoms in total. The summed E-state index contributed by atoms with van der Waals surface area (Å²) in [6, 6.07) is 8.29. The molecular formula is C15H25NO2. The first-order chi connectivity index (χ1) is 8.77. The summed E-state index contributed by atoms with van der Waals surface area (Å²) in [6.45, 7) is 6.78. The van der Waals surface area contributed by atoms with Crippen molar-refractivity contribution in [3.05, 3.63) is 35.4 Å². The summed E-state index contributed by atoms with van der Waals surface area (Å²) in [5.41, 5.74) is 8.13. The number of hydrogen-bond acceptors (Lipinski definition) is 3. The van der Waals surface area contributed by atoms with E-state index in [0.29, 0.717) is 19.8 Å². The Kier molecular flexibility index (Phi) is 7.65. The molecule has 1 rings (SSSR count). The normalized spacial score (nSPS) is 12.6. The van der Waals surface area contributed by atoms with E-state index in [0.717, 1.165) is 25.0 Å². The Labute approximate surface area is 110 Å². The van der Waals surface area contributed by atoms with E-state index in [1.54, 1.807) is 0 Å². The Morgan fingerprint density at radius 3 is 2.72 bits per heavy atom.